The van der Waals surface area contributed by atoms with Crippen molar-refractivity contribution in [2.24, 2.45) is 5.73 Å². The highest BCUT2D eigenvalue weighted by Crippen LogP contribution is 2.34. The summed E-state index contributed by atoms with van der Waals surface area (Å²) in [7, 11) is 0. The fourth-order valence-corrected chi connectivity index (χ4v) is 1.44. The fraction of sp³-hybridized carbons (Fsp3) is 0.250. The van der Waals surface area contributed by atoms with Crippen LogP contribution in [0.2, 0.25) is 0 Å². The SMILES string of the molecule is Cl.N[C@@H](c1ccc(Br)c([N+](=O)[O-])c1)C(F)(F)F. The standard InChI is InChI=1S/C8H6BrF3N2O2.ClH/c9-5-2-1-4(3-6(5)14(15)16)7(13)8(10,11)12;/h1-3,7H,13H2;1H/t7-;/m0./s1. The molecule has 1 atom stereocenters. The highest BCUT2D eigenvalue weighted by atomic mass is 79.9. The molecule has 17 heavy (non-hydrogen) atoms. The third-order valence-corrected chi connectivity index (χ3v) is 2.55. The number of nitrogens with two attached hydrogens (primary N) is 1. The second-order valence-corrected chi connectivity index (χ2v) is 3.84. The minimum absolute atomic E-state index is 0. The van der Waals surface area contributed by atoms with Gasteiger partial charge in [-0.2, -0.15) is 13.2 Å². The number of hydrogen-bond donors (Lipinski definition) is 1. The van der Waals surface area contributed by atoms with E-state index >= 15 is 0 Å². The summed E-state index contributed by atoms with van der Waals surface area (Å²) in [6.07, 6.45) is -4.62. The number of hydrogen-bond acceptors (Lipinski definition) is 3. The summed E-state index contributed by atoms with van der Waals surface area (Å²) < 4.78 is 36.9. The van der Waals surface area contributed by atoms with Gasteiger partial charge in [-0.1, -0.05) is 6.07 Å². The van der Waals surface area contributed by atoms with Crippen molar-refractivity contribution in [1.29, 1.82) is 0 Å². The quantitative estimate of drug-likeness (QED) is 0.665. The summed E-state index contributed by atoms with van der Waals surface area (Å²) in [5.41, 5.74) is 4.14. The average Bonchev–Trinajstić information content (AvgIpc) is 2.15. The molecule has 0 aliphatic carbocycles. The second kappa shape index (κ2) is 5.65. The zero-order valence-corrected chi connectivity index (χ0v) is 10.5. The molecule has 0 radical (unpaired) electrons. The molecule has 0 fully saturated rings. The van der Waals surface area contributed by atoms with Crippen molar-refractivity contribution in [3.8, 4) is 0 Å². The highest BCUT2D eigenvalue weighted by Gasteiger charge is 2.38. The minimum Gasteiger partial charge on any atom is -0.316 e. The molecule has 0 bridgehead atoms. The van der Waals surface area contributed by atoms with Crippen LogP contribution in [0.15, 0.2) is 22.7 Å². The van der Waals surface area contributed by atoms with Gasteiger partial charge in [-0.15, -0.1) is 12.4 Å². The van der Waals surface area contributed by atoms with Gasteiger partial charge in [0.1, 0.15) is 6.04 Å². The van der Waals surface area contributed by atoms with Gasteiger partial charge in [-0.25, -0.2) is 0 Å². The molecule has 96 valence electrons. The van der Waals surface area contributed by atoms with E-state index in [4.69, 9.17) is 5.73 Å². The molecule has 0 saturated heterocycles. The Hall–Kier alpha value is -0.860. The number of halogens is 5. The lowest BCUT2D eigenvalue weighted by atomic mass is 10.1. The first-order valence-electron chi connectivity index (χ1n) is 3.99. The Morgan fingerprint density at radius 1 is 1.41 bits per heavy atom. The third kappa shape index (κ3) is 3.83. The summed E-state index contributed by atoms with van der Waals surface area (Å²) in [4.78, 5) is 9.72. The normalized spacial score (nSPS) is 12.8. The maximum Gasteiger partial charge on any atom is 0.407 e. The maximum absolute atomic E-state index is 12.3. The number of nitro benzene ring substituents is 1. The van der Waals surface area contributed by atoms with Crippen LogP contribution in [0, 0.1) is 10.1 Å². The Labute approximate surface area is 109 Å². The topological polar surface area (TPSA) is 69.2 Å². The molecule has 1 aromatic carbocycles. The van der Waals surface area contributed by atoms with E-state index in [9.17, 15) is 23.3 Å². The van der Waals surface area contributed by atoms with Gasteiger partial charge >= 0.3 is 6.18 Å². The Morgan fingerprint density at radius 3 is 2.35 bits per heavy atom. The number of rotatable bonds is 2. The number of benzene rings is 1. The number of alkyl halides is 3. The van der Waals surface area contributed by atoms with Crippen molar-refractivity contribution in [3.05, 3.63) is 38.3 Å². The predicted octanol–water partition coefficient (Wildman–Crippen LogP) is 3.34. The van der Waals surface area contributed by atoms with Crippen LogP contribution in [0.1, 0.15) is 11.6 Å². The molecular formula is C8H7BrClF3N2O2. The van der Waals surface area contributed by atoms with Crippen LogP contribution in [-0.2, 0) is 0 Å². The summed E-state index contributed by atoms with van der Waals surface area (Å²) in [5.74, 6) is 0. The van der Waals surface area contributed by atoms with Gasteiger partial charge in [0.2, 0.25) is 0 Å². The van der Waals surface area contributed by atoms with Crippen molar-refractivity contribution in [2.45, 2.75) is 12.2 Å². The first kappa shape index (κ1) is 16.1. The lowest BCUT2D eigenvalue weighted by Gasteiger charge is -2.15. The maximum atomic E-state index is 12.3. The van der Waals surface area contributed by atoms with E-state index in [0.717, 1.165) is 12.1 Å². The molecule has 0 aliphatic rings. The van der Waals surface area contributed by atoms with Crippen molar-refractivity contribution >= 4 is 34.0 Å². The monoisotopic (exact) mass is 334 g/mol. The molecule has 0 spiro atoms. The van der Waals surface area contributed by atoms with Gasteiger partial charge in [0.15, 0.2) is 0 Å². The van der Waals surface area contributed by atoms with Crippen molar-refractivity contribution in [3.63, 3.8) is 0 Å². The molecule has 1 rings (SSSR count). The van der Waals surface area contributed by atoms with Gasteiger partial charge in [0.05, 0.1) is 9.40 Å². The molecule has 0 aromatic heterocycles. The molecule has 1 aromatic rings. The summed E-state index contributed by atoms with van der Waals surface area (Å²) in [6.45, 7) is 0. The highest BCUT2D eigenvalue weighted by molar-refractivity contribution is 9.10. The van der Waals surface area contributed by atoms with Crippen LogP contribution < -0.4 is 5.73 Å². The number of nitro groups is 1. The van der Waals surface area contributed by atoms with E-state index in [2.05, 4.69) is 15.9 Å². The van der Waals surface area contributed by atoms with Crippen LogP contribution in [0.4, 0.5) is 18.9 Å². The predicted molar refractivity (Wildman–Crippen MR) is 61.0 cm³/mol. The van der Waals surface area contributed by atoms with Crippen LogP contribution in [-0.4, -0.2) is 11.1 Å². The van der Waals surface area contributed by atoms with Crippen LogP contribution in [0.25, 0.3) is 0 Å². The smallest absolute Gasteiger partial charge is 0.316 e. The molecule has 0 saturated carbocycles. The lowest BCUT2D eigenvalue weighted by Crippen LogP contribution is -2.28. The lowest BCUT2D eigenvalue weighted by molar-refractivity contribution is -0.385. The Bertz CT molecular complexity index is 428. The Morgan fingerprint density at radius 2 is 1.94 bits per heavy atom. The molecule has 0 unspecified atom stereocenters. The van der Waals surface area contributed by atoms with E-state index in [-0.39, 0.29) is 22.4 Å². The first-order chi connectivity index (χ1) is 7.23. The molecule has 0 aliphatic heterocycles. The van der Waals surface area contributed by atoms with E-state index in [1.165, 1.54) is 6.07 Å². The van der Waals surface area contributed by atoms with Gasteiger partial charge < -0.3 is 5.73 Å². The van der Waals surface area contributed by atoms with E-state index < -0.39 is 22.8 Å². The van der Waals surface area contributed by atoms with Crippen LogP contribution in [0.3, 0.4) is 0 Å². The second-order valence-electron chi connectivity index (χ2n) is 2.99. The Kier molecular flexibility index (Phi) is 5.37. The third-order valence-electron chi connectivity index (χ3n) is 1.88. The Balaban J connectivity index is 0.00000256. The molecule has 0 heterocycles. The molecular weight excluding hydrogens is 328 g/mol. The summed E-state index contributed by atoms with van der Waals surface area (Å²) in [5, 5.41) is 10.5. The first-order valence-corrected chi connectivity index (χ1v) is 4.79. The summed E-state index contributed by atoms with van der Waals surface area (Å²) in [6, 6.07) is 0.843. The van der Waals surface area contributed by atoms with E-state index in [0.29, 0.717) is 0 Å². The molecule has 0 amide bonds. The van der Waals surface area contributed by atoms with Crippen molar-refractivity contribution in [2.75, 3.05) is 0 Å². The van der Waals surface area contributed by atoms with Gasteiger partial charge in [0, 0.05) is 6.07 Å². The molecule has 9 heteroatoms. The summed E-state index contributed by atoms with van der Waals surface area (Å²) >= 11 is 2.87. The van der Waals surface area contributed by atoms with Crippen molar-refractivity contribution in [1.82, 2.24) is 0 Å². The number of nitrogens with zero attached hydrogens (tertiary/aromatic N) is 1. The minimum atomic E-state index is -4.62. The van der Waals surface area contributed by atoms with E-state index in [1.807, 2.05) is 0 Å². The zero-order chi connectivity index (χ0) is 12.5. The largest absolute Gasteiger partial charge is 0.407 e. The molecule has 4 nitrogen and oxygen atoms in total. The molecule has 2 N–H and O–H groups in total. The average molecular weight is 336 g/mol. The zero-order valence-electron chi connectivity index (χ0n) is 8.07. The van der Waals surface area contributed by atoms with Gasteiger partial charge in [0.25, 0.3) is 5.69 Å². The van der Waals surface area contributed by atoms with Crippen molar-refractivity contribution < 1.29 is 18.1 Å². The fourth-order valence-electron chi connectivity index (χ4n) is 1.05. The van der Waals surface area contributed by atoms with Gasteiger partial charge in [-0.3, -0.25) is 10.1 Å². The van der Waals surface area contributed by atoms with Gasteiger partial charge in [-0.05, 0) is 27.6 Å². The van der Waals surface area contributed by atoms with Crippen LogP contribution >= 0.6 is 28.3 Å². The van der Waals surface area contributed by atoms with Crippen LogP contribution in [0.5, 0.6) is 0 Å². The van der Waals surface area contributed by atoms with E-state index in [1.54, 1.807) is 0 Å².